The third-order valence-corrected chi connectivity index (χ3v) is 5.36. The normalized spacial score (nSPS) is 12.0. The second kappa shape index (κ2) is 9.64. The van der Waals surface area contributed by atoms with Crippen molar-refractivity contribution in [2.24, 2.45) is 0 Å². The van der Waals surface area contributed by atoms with Crippen LogP contribution < -0.4 is 15.7 Å². The number of aliphatic carboxylic acids is 1. The highest BCUT2D eigenvalue weighted by Crippen LogP contribution is 2.29. The Balaban J connectivity index is 2.19. The van der Waals surface area contributed by atoms with E-state index in [0.717, 1.165) is 16.5 Å². The maximum absolute atomic E-state index is 12.5. The number of ether oxygens (including phenoxy) is 1. The van der Waals surface area contributed by atoms with Crippen molar-refractivity contribution >= 4 is 34.6 Å². The highest BCUT2D eigenvalue weighted by molar-refractivity contribution is 7.98. The quantitative estimate of drug-likeness (QED) is 0.616. The van der Waals surface area contributed by atoms with E-state index in [1.165, 1.54) is 11.8 Å². The van der Waals surface area contributed by atoms with Gasteiger partial charge < -0.3 is 19.6 Å². The maximum Gasteiger partial charge on any atom is 0.339 e. The third kappa shape index (κ3) is 4.86. The number of carbonyl (C=O) groups is 2. The molecule has 1 amide bonds. The molecule has 0 aliphatic heterocycles. The predicted molar refractivity (Wildman–Crippen MR) is 109 cm³/mol. The molecule has 28 heavy (non-hydrogen) atoms. The number of carboxylic acids is 1. The summed E-state index contributed by atoms with van der Waals surface area (Å²) in [5, 5.41) is 12.5. The molecule has 7 nitrogen and oxygen atoms in total. The summed E-state index contributed by atoms with van der Waals surface area (Å²) in [7, 11) is 1.55. The van der Waals surface area contributed by atoms with Gasteiger partial charge in [-0.05, 0) is 56.4 Å². The Hall–Kier alpha value is -2.48. The largest absolute Gasteiger partial charge is 0.496 e. The van der Waals surface area contributed by atoms with Crippen LogP contribution in [0.1, 0.15) is 29.5 Å². The number of hydrogen-bond acceptors (Lipinski definition) is 6. The topological polar surface area (TPSA) is 106 Å². The minimum atomic E-state index is -1.06. The number of nitrogens with one attached hydrogen (secondary N) is 1. The summed E-state index contributed by atoms with van der Waals surface area (Å²) in [6, 6.07) is 2.71. The van der Waals surface area contributed by atoms with Crippen molar-refractivity contribution in [3.63, 3.8) is 0 Å². The van der Waals surface area contributed by atoms with Crippen molar-refractivity contribution in [3.05, 3.63) is 39.2 Å². The van der Waals surface area contributed by atoms with E-state index in [9.17, 15) is 19.5 Å². The maximum atomic E-state index is 12.5. The lowest BCUT2D eigenvalue weighted by Gasteiger charge is -2.14. The first-order valence-electron chi connectivity index (χ1n) is 8.91. The summed E-state index contributed by atoms with van der Waals surface area (Å²) < 4.78 is 10.7. The third-order valence-electron chi connectivity index (χ3n) is 4.72. The molecule has 0 unspecified atom stereocenters. The number of methoxy groups -OCH3 is 1. The molecule has 2 rings (SSSR count). The van der Waals surface area contributed by atoms with Crippen molar-refractivity contribution in [3.8, 4) is 5.75 Å². The molecule has 1 aromatic heterocycles. The van der Waals surface area contributed by atoms with Gasteiger partial charge in [0.05, 0.1) is 7.11 Å². The van der Waals surface area contributed by atoms with E-state index in [0.29, 0.717) is 29.1 Å². The van der Waals surface area contributed by atoms with Gasteiger partial charge in [-0.2, -0.15) is 11.8 Å². The number of hydrogen-bond donors (Lipinski definition) is 2. The van der Waals surface area contributed by atoms with Gasteiger partial charge in [0.2, 0.25) is 5.91 Å². The van der Waals surface area contributed by atoms with Crippen LogP contribution in [0.2, 0.25) is 0 Å². The number of benzene rings is 1. The Bertz CT molecular complexity index is 936. The van der Waals surface area contributed by atoms with Crippen molar-refractivity contribution in [2.45, 2.75) is 39.2 Å². The summed E-state index contributed by atoms with van der Waals surface area (Å²) in [5.41, 5.74) is 1.89. The zero-order chi connectivity index (χ0) is 20.8. The first kappa shape index (κ1) is 21.8. The smallest absolute Gasteiger partial charge is 0.339 e. The van der Waals surface area contributed by atoms with Crippen molar-refractivity contribution in [1.29, 1.82) is 0 Å². The number of carboxylic acid groups (broad SMARTS) is 1. The SMILES string of the molecule is COc1ccc2c(C)c(CCC(=O)N[C@@H](CCSC)C(=O)O)c(=O)oc2c1C. The van der Waals surface area contributed by atoms with Crippen LogP contribution >= 0.6 is 11.8 Å². The molecule has 1 heterocycles. The van der Waals surface area contributed by atoms with Gasteiger partial charge in [-0.1, -0.05) is 0 Å². The number of carbonyl (C=O) groups excluding carboxylic acids is 1. The molecular formula is C20H25NO6S. The van der Waals surface area contributed by atoms with Gasteiger partial charge in [-0.15, -0.1) is 0 Å². The molecule has 0 spiro atoms. The first-order valence-corrected chi connectivity index (χ1v) is 10.3. The summed E-state index contributed by atoms with van der Waals surface area (Å²) in [6.45, 7) is 3.63. The number of amides is 1. The lowest BCUT2D eigenvalue weighted by atomic mass is 10.00. The van der Waals surface area contributed by atoms with Crippen molar-refractivity contribution < 1.29 is 23.8 Å². The fourth-order valence-corrected chi connectivity index (χ4v) is 3.55. The minimum absolute atomic E-state index is 0.00922. The van der Waals surface area contributed by atoms with Crippen LogP contribution in [-0.4, -0.2) is 42.1 Å². The Labute approximate surface area is 167 Å². The molecule has 8 heteroatoms. The molecule has 0 bridgehead atoms. The fourth-order valence-electron chi connectivity index (χ4n) is 3.08. The van der Waals surface area contributed by atoms with Crippen molar-refractivity contribution in [2.75, 3.05) is 19.1 Å². The summed E-state index contributed by atoms with van der Waals surface area (Å²) in [4.78, 5) is 35.9. The molecule has 152 valence electrons. The van der Waals surface area contributed by atoms with E-state index < -0.39 is 23.5 Å². The van der Waals surface area contributed by atoms with Crippen LogP contribution in [0.3, 0.4) is 0 Å². The highest BCUT2D eigenvalue weighted by atomic mass is 32.2. The molecule has 1 atom stereocenters. The van der Waals surface area contributed by atoms with Gasteiger partial charge in [0.15, 0.2) is 0 Å². The van der Waals surface area contributed by atoms with E-state index in [1.54, 1.807) is 7.11 Å². The molecule has 0 fully saturated rings. The fraction of sp³-hybridized carbons (Fsp3) is 0.450. The van der Waals surface area contributed by atoms with Crippen LogP contribution in [0.4, 0.5) is 0 Å². The number of rotatable bonds is 9. The van der Waals surface area contributed by atoms with Gasteiger partial charge in [0.1, 0.15) is 17.4 Å². The van der Waals surface area contributed by atoms with Crippen LogP contribution in [0.15, 0.2) is 21.3 Å². The number of fused-ring (bicyclic) bond motifs is 1. The van der Waals surface area contributed by atoms with Crippen LogP contribution in [-0.2, 0) is 16.0 Å². The van der Waals surface area contributed by atoms with E-state index in [-0.39, 0.29) is 12.8 Å². The summed E-state index contributed by atoms with van der Waals surface area (Å²) in [5.74, 6) is -0.202. The molecule has 0 saturated carbocycles. The van der Waals surface area contributed by atoms with Gasteiger partial charge >= 0.3 is 11.6 Å². The van der Waals surface area contributed by atoms with Crippen molar-refractivity contribution in [1.82, 2.24) is 5.32 Å². The average Bonchev–Trinajstić information content (AvgIpc) is 2.65. The zero-order valence-corrected chi connectivity index (χ0v) is 17.3. The van der Waals surface area contributed by atoms with E-state index in [2.05, 4.69) is 5.32 Å². The van der Waals surface area contributed by atoms with Gasteiger partial charge in [0.25, 0.3) is 0 Å². The molecule has 2 aromatic rings. The number of thioether (sulfide) groups is 1. The van der Waals surface area contributed by atoms with Gasteiger partial charge in [0, 0.05) is 22.9 Å². The molecule has 0 radical (unpaired) electrons. The second-order valence-corrected chi connectivity index (χ2v) is 7.49. The summed E-state index contributed by atoms with van der Waals surface area (Å²) in [6.07, 6.45) is 2.41. The van der Waals surface area contributed by atoms with E-state index >= 15 is 0 Å². The minimum Gasteiger partial charge on any atom is -0.496 e. The molecule has 1 aromatic carbocycles. The Kier molecular flexibility index (Phi) is 7.51. The zero-order valence-electron chi connectivity index (χ0n) is 16.5. The molecular weight excluding hydrogens is 382 g/mol. The second-order valence-electron chi connectivity index (χ2n) is 6.50. The standard InChI is InChI=1S/C20H25NO6S/c1-11-13-5-7-16(26-3)12(2)18(13)27-20(25)14(11)6-8-17(22)21-15(19(23)24)9-10-28-4/h5,7,15H,6,8-10H2,1-4H3,(H,21,22)(H,23,24)/t15-/m0/s1. The monoisotopic (exact) mass is 407 g/mol. The Morgan fingerprint density at radius 3 is 2.61 bits per heavy atom. The van der Waals surface area contributed by atoms with Crippen LogP contribution in [0.5, 0.6) is 5.75 Å². The molecule has 0 aliphatic rings. The molecule has 2 N–H and O–H groups in total. The van der Waals surface area contributed by atoms with Crippen LogP contribution in [0, 0.1) is 13.8 Å². The lowest BCUT2D eigenvalue weighted by Crippen LogP contribution is -2.41. The molecule has 0 aliphatic carbocycles. The Morgan fingerprint density at radius 1 is 1.29 bits per heavy atom. The predicted octanol–water partition coefficient (Wildman–Crippen LogP) is 2.67. The Morgan fingerprint density at radius 2 is 2.00 bits per heavy atom. The highest BCUT2D eigenvalue weighted by Gasteiger charge is 2.20. The van der Waals surface area contributed by atoms with Crippen LogP contribution in [0.25, 0.3) is 11.0 Å². The average molecular weight is 407 g/mol. The lowest BCUT2D eigenvalue weighted by molar-refractivity contribution is -0.141. The van der Waals surface area contributed by atoms with E-state index in [4.69, 9.17) is 9.15 Å². The number of aryl methyl sites for hydroxylation is 2. The van der Waals surface area contributed by atoms with E-state index in [1.807, 2.05) is 32.2 Å². The van der Waals surface area contributed by atoms with Gasteiger partial charge in [-0.25, -0.2) is 9.59 Å². The summed E-state index contributed by atoms with van der Waals surface area (Å²) >= 11 is 1.52. The van der Waals surface area contributed by atoms with Gasteiger partial charge in [-0.3, -0.25) is 4.79 Å². The first-order chi connectivity index (χ1) is 13.3. The molecule has 0 saturated heterocycles.